The molecule has 0 aromatic heterocycles. The van der Waals surface area contributed by atoms with Crippen LogP contribution in [-0.4, -0.2) is 10.5 Å². The topological polar surface area (TPSA) is 40.5 Å². The first-order valence-electron chi connectivity index (χ1n) is 9.66. The molecular formula is C28H26O2. The van der Waals surface area contributed by atoms with Gasteiger partial charge in [-0.3, -0.25) is 10.5 Å². The van der Waals surface area contributed by atoms with Crippen LogP contribution in [0.3, 0.4) is 0 Å². The summed E-state index contributed by atoms with van der Waals surface area (Å²) in [7, 11) is 0. The average Bonchev–Trinajstić information content (AvgIpc) is 2.86. The summed E-state index contributed by atoms with van der Waals surface area (Å²) in [5.41, 5.74) is 4.93. The maximum atomic E-state index is 6.00. The van der Waals surface area contributed by atoms with Gasteiger partial charge in [0.05, 0.1) is 0 Å². The van der Waals surface area contributed by atoms with Gasteiger partial charge in [0.15, 0.2) is 0 Å². The van der Waals surface area contributed by atoms with Crippen LogP contribution in [0.4, 0.5) is 0 Å². The lowest BCUT2D eigenvalue weighted by atomic mass is 10.1. The molecule has 0 unspecified atom stereocenters. The number of hydrogen-bond donors (Lipinski definition) is 2. The normalized spacial score (nSPS) is 10.1. The molecule has 0 aliphatic heterocycles. The van der Waals surface area contributed by atoms with E-state index < -0.39 is 0 Å². The molecule has 0 bridgehead atoms. The predicted molar refractivity (Wildman–Crippen MR) is 129 cm³/mol. The van der Waals surface area contributed by atoms with Crippen LogP contribution in [0.1, 0.15) is 22.3 Å². The molecule has 2 N–H and O–H groups in total. The highest BCUT2D eigenvalue weighted by molar-refractivity contribution is 5.70. The van der Waals surface area contributed by atoms with Crippen molar-refractivity contribution in [1.29, 1.82) is 0 Å². The minimum Gasteiger partial charge on any atom is -0.255 e. The van der Waals surface area contributed by atoms with E-state index in [1.54, 1.807) is 0 Å². The maximum absolute atomic E-state index is 6.00. The van der Waals surface area contributed by atoms with Gasteiger partial charge in [0.2, 0.25) is 0 Å². The van der Waals surface area contributed by atoms with Crippen LogP contribution in [0.2, 0.25) is 0 Å². The summed E-state index contributed by atoms with van der Waals surface area (Å²) >= 11 is 0. The monoisotopic (exact) mass is 394 g/mol. The van der Waals surface area contributed by atoms with Crippen molar-refractivity contribution in [3.8, 4) is 0 Å². The van der Waals surface area contributed by atoms with Crippen molar-refractivity contribution in [3.63, 3.8) is 0 Å². The zero-order chi connectivity index (χ0) is 21.3. The molecule has 2 heteroatoms. The second kappa shape index (κ2) is 14.3. The van der Waals surface area contributed by atoms with Gasteiger partial charge in [0.25, 0.3) is 0 Å². The summed E-state index contributed by atoms with van der Waals surface area (Å²) in [6, 6.07) is 41.3. The number of rotatable bonds is 4. The molecule has 0 atom stereocenters. The van der Waals surface area contributed by atoms with Gasteiger partial charge < -0.3 is 0 Å². The molecule has 0 aliphatic rings. The van der Waals surface area contributed by atoms with Crippen molar-refractivity contribution in [1.82, 2.24) is 0 Å². The van der Waals surface area contributed by atoms with E-state index in [1.165, 1.54) is 22.3 Å². The smallest absolute Gasteiger partial charge is 0.0256 e. The van der Waals surface area contributed by atoms with Gasteiger partial charge in [-0.2, -0.15) is 0 Å². The summed E-state index contributed by atoms with van der Waals surface area (Å²) in [5, 5.41) is 12.0. The van der Waals surface area contributed by atoms with Crippen molar-refractivity contribution < 1.29 is 10.5 Å². The van der Waals surface area contributed by atoms with Crippen molar-refractivity contribution in [2.24, 2.45) is 0 Å². The first-order chi connectivity index (χ1) is 14.9. The Morgan fingerprint density at radius 3 is 0.633 bits per heavy atom. The van der Waals surface area contributed by atoms with Crippen LogP contribution in [0, 0.1) is 0 Å². The summed E-state index contributed by atoms with van der Waals surface area (Å²) in [6.45, 7) is 0. The predicted octanol–water partition coefficient (Wildman–Crippen LogP) is 7.73. The van der Waals surface area contributed by atoms with E-state index >= 15 is 0 Å². The molecule has 150 valence electrons. The van der Waals surface area contributed by atoms with E-state index in [2.05, 4.69) is 72.8 Å². The fraction of sp³-hybridized carbons (Fsp3) is 0. The first kappa shape index (κ1) is 22.6. The van der Waals surface area contributed by atoms with Crippen LogP contribution in [-0.2, 0) is 0 Å². The molecule has 30 heavy (non-hydrogen) atoms. The van der Waals surface area contributed by atoms with Gasteiger partial charge in [0, 0.05) is 0 Å². The minimum absolute atomic E-state index is 1.23. The highest BCUT2D eigenvalue weighted by Crippen LogP contribution is 2.08. The Morgan fingerprint density at radius 2 is 0.467 bits per heavy atom. The van der Waals surface area contributed by atoms with Gasteiger partial charge >= 0.3 is 0 Å². The largest absolute Gasteiger partial charge is 0.255 e. The Balaban J connectivity index is 0.000000197. The molecule has 0 saturated carbocycles. The Morgan fingerprint density at radius 1 is 0.300 bits per heavy atom. The standard InChI is InChI=1S/2C14H12.H2O2/c2*1-3-7-13(8-4-1)11-12-14-9-5-2-6-10-14;1-2/h2*1-12H;1-2H. The van der Waals surface area contributed by atoms with Gasteiger partial charge in [0.1, 0.15) is 0 Å². The summed E-state index contributed by atoms with van der Waals surface area (Å²) in [6.07, 6.45) is 8.48. The van der Waals surface area contributed by atoms with Crippen molar-refractivity contribution in [3.05, 3.63) is 144 Å². The Kier molecular flexibility index (Phi) is 10.8. The molecule has 0 fully saturated rings. The van der Waals surface area contributed by atoms with E-state index in [1.807, 2.05) is 72.8 Å². The summed E-state index contributed by atoms with van der Waals surface area (Å²) in [4.78, 5) is 0. The number of benzene rings is 4. The van der Waals surface area contributed by atoms with E-state index in [0.717, 1.165) is 0 Å². The highest BCUT2D eigenvalue weighted by Gasteiger charge is 1.85. The minimum atomic E-state index is 1.23. The van der Waals surface area contributed by atoms with Crippen molar-refractivity contribution in [2.45, 2.75) is 0 Å². The summed E-state index contributed by atoms with van der Waals surface area (Å²) < 4.78 is 0. The fourth-order valence-corrected chi connectivity index (χ4v) is 2.64. The van der Waals surface area contributed by atoms with Crippen LogP contribution in [0.25, 0.3) is 24.3 Å². The molecule has 0 spiro atoms. The number of hydrogen-bond acceptors (Lipinski definition) is 2. The lowest BCUT2D eigenvalue weighted by molar-refractivity contribution is -0.176. The third-order valence-electron chi connectivity index (χ3n) is 4.13. The third-order valence-corrected chi connectivity index (χ3v) is 4.13. The lowest BCUT2D eigenvalue weighted by Gasteiger charge is -1.92. The van der Waals surface area contributed by atoms with E-state index in [-0.39, 0.29) is 0 Å². The van der Waals surface area contributed by atoms with Gasteiger partial charge in [-0.1, -0.05) is 146 Å². The van der Waals surface area contributed by atoms with Crippen LogP contribution in [0.5, 0.6) is 0 Å². The van der Waals surface area contributed by atoms with Crippen molar-refractivity contribution >= 4 is 24.3 Å². The Bertz CT molecular complexity index is 810. The molecule has 0 radical (unpaired) electrons. The van der Waals surface area contributed by atoms with Crippen LogP contribution in [0.15, 0.2) is 121 Å². The molecule has 2 nitrogen and oxygen atoms in total. The molecule has 4 rings (SSSR count). The van der Waals surface area contributed by atoms with Crippen molar-refractivity contribution in [2.75, 3.05) is 0 Å². The van der Waals surface area contributed by atoms with Gasteiger partial charge in [-0.05, 0) is 22.3 Å². The molecular weight excluding hydrogens is 368 g/mol. The molecule has 0 amide bonds. The highest BCUT2D eigenvalue weighted by atomic mass is 17.0. The zero-order valence-corrected chi connectivity index (χ0v) is 16.8. The second-order valence-electron chi connectivity index (χ2n) is 6.31. The van der Waals surface area contributed by atoms with E-state index in [9.17, 15) is 0 Å². The molecule has 4 aromatic rings. The Hall–Kier alpha value is -3.72. The SMILES string of the molecule is C(=Cc1ccccc1)c1ccccc1.C(=Cc1ccccc1)c1ccccc1.OO. The molecule has 0 saturated heterocycles. The first-order valence-corrected chi connectivity index (χ1v) is 9.66. The average molecular weight is 395 g/mol. The molecule has 0 aliphatic carbocycles. The van der Waals surface area contributed by atoms with Gasteiger partial charge in [-0.15, -0.1) is 0 Å². The lowest BCUT2D eigenvalue weighted by Crippen LogP contribution is -1.70. The van der Waals surface area contributed by atoms with Gasteiger partial charge in [-0.25, -0.2) is 0 Å². The second-order valence-corrected chi connectivity index (χ2v) is 6.31. The van der Waals surface area contributed by atoms with E-state index in [4.69, 9.17) is 10.5 Å². The fourth-order valence-electron chi connectivity index (χ4n) is 2.64. The third kappa shape index (κ3) is 8.98. The quantitative estimate of drug-likeness (QED) is 0.211. The molecule has 0 heterocycles. The Labute approximate surface area is 178 Å². The van der Waals surface area contributed by atoms with E-state index in [0.29, 0.717) is 0 Å². The van der Waals surface area contributed by atoms with Crippen LogP contribution >= 0.6 is 0 Å². The molecule has 4 aromatic carbocycles. The summed E-state index contributed by atoms with van der Waals surface area (Å²) in [5.74, 6) is 0. The maximum Gasteiger partial charge on any atom is -0.0256 e. The zero-order valence-electron chi connectivity index (χ0n) is 16.8. The van der Waals surface area contributed by atoms with Crippen LogP contribution < -0.4 is 0 Å².